The van der Waals surface area contributed by atoms with E-state index in [0.29, 0.717) is 0 Å². The fourth-order valence-corrected chi connectivity index (χ4v) is 6.41. The Labute approximate surface area is 211 Å². The molecule has 168 valence electrons. The second-order valence-corrected chi connectivity index (χ2v) is 10.00. The first-order valence-electron chi connectivity index (χ1n) is 12.2. The number of hydrogen-bond acceptors (Lipinski definition) is 2. The van der Waals surface area contributed by atoms with Crippen molar-refractivity contribution in [2.75, 3.05) is 9.80 Å². The molecule has 0 bridgehead atoms. The first-order chi connectivity index (χ1) is 17.2. The van der Waals surface area contributed by atoms with Crippen LogP contribution in [0.3, 0.4) is 0 Å². The van der Waals surface area contributed by atoms with E-state index in [0.717, 1.165) is 5.03 Å². The molecule has 0 amide bonds. The number of anilines is 5. The summed E-state index contributed by atoms with van der Waals surface area (Å²) in [6, 6.07) is 35.5. The molecular weight excluding hydrogens is 447 g/mol. The minimum absolute atomic E-state index is 0.187. The van der Waals surface area contributed by atoms with E-state index in [2.05, 4.69) is 126 Å². The van der Waals surface area contributed by atoms with Gasteiger partial charge in [-0.15, -0.1) is 0 Å². The molecule has 3 aliphatic rings. The summed E-state index contributed by atoms with van der Waals surface area (Å²) in [7, 11) is 0. The Kier molecular flexibility index (Phi) is 4.68. The van der Waals surface area contributed by atoms with Crippen molar-refractivity contribution in [1.29, 1.82) is 0 Å². The van der Waals surface area contributed by atoms with E-state index in [1.54, 1.807) is 0 Å². The Morgan fingerprint density at radius 1 is 0.686 bits per heavy atom. The summed E-state index contributed by atoms with van der Waals surface area (Å²) < 4.78 is 0. The highest BCUT2D eigenvalue weighted by atomic mass is 35.5. The Hall–Kier alpha value is -3.69. The van der Waals surface area contributed by atoms with E-state index < -0.39 is 0 Å². The topological polar surface area (TPSA) is 6.48 Å². The van der Waals surface area contributed by atoms with Gasteiger partial charge in [0, 0.05) is 39.4 Å². The highest BCUT2D eigenvalue weighted by molar-refractivity contribution is 7.00. The molecular formula is C31H24BClN2. The smallest absolute Gasteiger partial charge is 0.252 e. The third kappa shape index (κ3) is 3.05. The lowest BCUT2D eigenvalue weighted by atomic mass is 9.33. The van der Waals surface area contributed by atoms with Crippen LogP contribution in [0.5, 0.6) is 0 Å². The van der Waals surface area contributed by atoms with E-state index >= 15 is 0 Å². The number of rotatable bonds is 2. The summed E-state index contributed by atoms with van der Waals surface area (Å²) in [6.07, 6.45) is 6.47. The van der Waals surface area contributed by atoms with E-state index in [-0.39, 0.29) is 18.7 Å². The van der Waals surface area contributed by atoms with Gasteiger partial charge in [-0.2, -0.15) is 0 Å². The van der Waals surface area contributed by atoms with Gasteiger partial charge in [-0.25, -0.2) is 0 Å². The normalized spacial score (nSPS) is 19.6. The summed E-state index contributed by atoms with van der Waals surface area (Å²) in [6.45, 7) is 2.44. The zero-order valence-corrected chi connectivity index (χ0v) is 20.2. The van der Waals surface area contributed by atoms with Crippen molar-refractivity contribution in [3.63, 3.8) is 0 Å². The predicted molar refractivity (Wildman–Crippen MR) is 150 cm³/mol. The molecule has 7 rings (SSSR count). The molecule has 4 aromatic rings. The second-order valence-electron chi connectivity index (χ2n) is 9.56. The number of benzene rings is 4. The van der Waals surface area contributed by atoms with Crippen molar-refractivity contribution in [3.05, 3.63) is 120 Å². The van der Waals surface area contributed by atoms with E-state index in [9.17, 15) is 0 Å². The van der Waals surface area contributed by atoms with Crippen molar-refractivity contribution >= 4 is 63.1 Å². The lowest BCUT2D eigenvalue weighted by Gasteiger charge is -2.47. The highest BCUT2D eigenvalue weighted by Gasteiger charge is 2.44. The van der Waals surface area contributed by atoms with Gasteiger partial charge in [-0.1, -0.05) is 91.3 Å². The first kappa shape index (κ1) is 20.7. The Bertz CT molecular complexity index is 1510. The van der Waals surface area contributed by atoms with Crippen LogP contribution in [-0.2, 0) is 0 Å². The molecule has 2 aliphatic heterocycles. The monoisotopic (exact) mass is 470 g/mol. The lowest BCUT2D eigenvalue weighted by molar-refractivity contribution is 0.609. The Morgan fingerprint density at radius 2 is 1.31 bits per heavy atom. The van der Waals surface area contributed by atoms with Crippen LogP contribution in [-0.4, -0.2) is 12.8 Å². The van der Waals surface area contributed by atoms with Crippen LogP contribution in [0, 0.1) is 5.92 Å². The lowest BCUT2D eigenvalue weighted by Crippen LogP contribution is -2.63. The molecule has 0 spiro atoms. The molecule has 4 heteroatoms. The average Bonchev–Trinajstić information content (AvgIpc) is 2.90. The van der Waals surface area contributed by atoms with Gasteiger partial charge in [0.1, 0.15) is 0 Å². The molecule has 2 atom stereocenters. The van der Waals surface area contributed by atoms with E-state index in [1.807, 2.05) is 6.08 Å². The van der Waals surface area contributed by atoms with Gasteiger partial charge in [-0.05, 0) is 58.9 Å². The minimum atomic E-state index is 0.187. The molecule has 2 unspecified atom stereocenters. The zero-order valence-electron chi connectivity index (χ0n) is 19.5. The van der Waals surface area contributed by atoms with Crippen molar-refractivity contribution in [2.24, 2.45) is 5.92 Å². The van der Waals surface area contributed by atoms with Crippen LogP contribution >= 0.6 is 11.6 Å². The van der Waals surface area contributed by atoms with Crippen LogP contribution in [0.1, 0.15) is 6.92 Å². The van der Waals surface area contributed by atoms with Gasteiger partial charge in [0.2, 0.25) is 0 Å². The molecule has 2 heterocycles. The first-order valence-corrected chi connectivity index (χ1v) is 12.6. The minimum Gasteiger partial charge on any atom is -0.335 e. The maximum absolute atomic E-state index is 6.39. The molecule has 35 heavy (non-hydrogen) atoms. The van der Waals surface area contributed by atoms with Crippen LogP contribution in [0.4, 0.5) is 28.4 Å². The molecule has 0 fully saturated rings. The third-order valence-electron chi connectivity index (χ3n) is 7.57. The maximum atomic E-state index is 6.39. The molecule has 1 aliphatic carbocycles. The molecule has 0 saturated carbocycles. The summed E-state index contributed by atoms with van der Waals surface area (Å²) in [5.74, 6) is 0.286. The summed E-state index contributed by atoms with van der Waals surface area (Å²) in [5, 5.41) is 0.816. The largest absolute Gasteiger partial charge is 0.335 e. The molecule has 0 radical (unpaired) electrons. The fourth-order valence-electron chi connectivity index (χ4n) is 6.14. The average molecular weight is 471 g/mol. The van der Waals surface area contributed by atoms with Gasteiger partial charge in [-0.3, -0.25) is 0 Å². The Balaban J connectivity index is 1.53. The molecule has 4 aromatic carbocycles. The second kappa shape index (κ2) is 7.93. The molecule has 0 N–H and O–H groups in total. The highest BCUT2D eigenvalue weighted by Crippen LogP contribution is 2.42. The van der Waals surface area contributed by atoms with E-state index in [4.69, 9.17) is 11.6 Å². The summed E-state index contributed by atoms with van der Waals surface area (Å²) in [5.41, 5.74) is 10.3. The van der Waals surface area contributed by atoms with Crippen molar-refractivity contribution in [2.45, 2.75) is 13.0 Å². The van der Waals surface area contributed by atoms with Crippen LogP contribution < -0.4 is 26.2 Å². The molecule has 0 aromatic heterocycles. The number of allylic oxidation sites excluding steroid dienone is 2. The zero-order chi connectivity index (χ0) is 23.5. The fraction of sp³-hybridized carbons (Fsp3) is 0.0968. The number of hydrogen-bond donors (Lipinski definition) is 0. The third-order valence-corrected chi connectivity index (χ3v) is 7.82. The number of halogens is 1. The van der Waals surface area contributed by atoms with Gasteiger partial charge < -0.3 is 9.80 Å². The van der Waals surface area contributed by atoms with Crippen molar-refractivity contribution in [3.8, 4) is 0 Å². The molecule has 2 nitrogen and oxygen atoms in total. The number of para-hydroxylation sites is 3. The van der Waals surface area contributed by atoms with Crippen molar-refractivity contribution < 1.29 is 0 Å². The molecule has 0 saturated heterocycles. The van der Waals surface area contributed by atoms with Crippen LogP contribution in [0.25, 0.3) is 0 Å². The Morgan fingerprint density at radius 3 is 2.09 bits per heavy atom. The maximum Gasteiger partial charge on any atom is 0.252 e. The van der Waals surface area contributed by atoms with E-state index in [1.165, 1.54) is 44.8 Å². The van der Waals surface area contributed by atoms with Gasteiger partial charge in [0.15, 0.2) is 0 Å². The van der Waals surface area contributed by atoms with Crippen LogP contribution in [0.2, 0.25) is 0 Å². The predicted octanol–water partition coefficient (Wildman–Crippen LogP) is 6.13. The van der Waals surface area contributed by atoms with Gasteiger partial charge >= 0.3 is 0 Å². The summed E-state index contributed by atoms with van der Waals surface area (Å²) in [4.78, 5) is 4.95. The standard InChI is InChI=1S/C31H24BClN2/c1-21-20-22(33)18-19-26(21)35-28-15-8-6-13-25(28)32-24-12-5-7-14-27(24)34(23-10-3-2-4-11-23)29-16-9-17-30(35)31(29)32/h2-21,26H,1H3. The van der Waals surface area contributed by atoms with Gasteiger partial charge in [0.05, 0.1) is 6.04 Å². The van der Waals surface area contributed by atoms with Gasteiger partial charge in [0.25, 0.3) is 6.71 Å². The van der Waals surface area contributed by atoms with Crippen molar-refractivity contribution in [1.82, 2.24) is 0 Å². The van der Waals surface area contributed by atoms with Crippen LogP contribution in [0.15, 0.2) is 120 Å². The SMILES string of the molecule is CC1C=C(Cl)C=CC1N1c2ccccc2B2c3ccccc3N(c3ccccc3)c3cccc1c32. The quantitative estimate of drug-likeness (QED) is 0.286. The summed E-state index contributed by atoms with van der Waals surface area (Å²) >= 11 is 6.39. The number of fused-ring (bicyclic) bond motifs is 4. The number of nitrogens with zero attached hydrogens (tertiary/aromatic N) is 2.